The molecule has 0 fully saturated rings. The van der Waals surface area contributed by atoms with E-state index in [1.165, 1.54) is 51.4 Å². The topological polar surface area (TPSA) is 99.1 Å². The first-order valence-corrected chi connectivity index (χ1v) is 21.5. The summed E-state index contributed by atoms with van der Waals surface area (Å²) in [6.45, 7) is 4.54. The Balaban J connectivity index is 4.47. The van der Waals surface area contributed by atoms with Gasteiger partial charge in [-0.15, -0.1) is 0 Å². The van der Waals surface area contributed by atoms with Crippen molar-refractivity contribution in [2.24, 2.45) is 0 Å². The average molecular weight is 771 g/mol. The second-order valence-corrected chi connectivity index (χ2v) is 15.2. The molecule has 2 atom stereocenters. The highest BCUT2D eigenvalue weighted by Gasteiger charge is 2.31. The van der Waals surface area contributed by atoms with Crippen molar-refractivity contribution < 1.29 is 38.2 Å². The number of allylic oxidation sites excluding steroid dienone is 12. The third-order valence-electron chi connectivity index (χ3n) is 9.12. The fourth-order valence-electron chi connectivity index (χ4n) is 5.81. The van der Waals surface area contributed by atoms with E-state index in [1.807, 2.05) is 21.1 Å². The Kier molecular flexibility index (Phi) is 35.5. The fraction of sp³-hybridized carbons (Fsp3) is 0.681. The first kappa shape index (κ1) is 51.8. The van der Waals surface area contributed by atoms with Gasteiger partial charge in [0, 0.05) is 19.3 Å². The standard InChI is InChI=1S/C47H79NO7/c1-6-8-10-12-14-16-18-19-20-21-22-23-24-25-26-28-30-32-34-36-38-46(50)55-43(41-53-40-39-44(47(51)52)48(3,4)5)42-54-45(49)37-35-33-31-29-27-17-15-13-11-9-7-2/h8,10,14,16,19-20,22-23,25-26,30,32,43-44H,6-7,9,11-13,15,17-18,21,24,27-29,31,33-42H2,1-5H3/p+1/b10-8+,16-14+,20-19+,23-22+,26-25+,32-30+. The van der Waals surface area contributed by atoms with Gasteiger partial charge in [0.05, 0.1) is 34.4 Å². The molecule has 0 aromatic carbocycles. The molecule has 8 heteroatoms. The van der Waals surface area contributed by atoms with Crippen molar-refractivity contribution in [1.82, 2.24) is 0 Å². The van der Waals surface area contributed by atoms with Crippen molar-refractivity contribution in [2.75, 3.05) is 41.0 Å². The van der Waals surface area contributed by atoms with Crippen molar-refractivity contribution in [3.05, 3.63) is 72.9 Å². The lowest BCUT2D eigenvalue weighted by atomic mass is 10.1. The van der Waals surface area contributed by atoms with Crippen LogP contribution in [0.1, 0.15) is 155 Å². The van der Waals surface area contributed by atoms with Gasteiger partial charge < -0.3 is 23.8 Å². The summed E-state index contributed by atoms with van der Waals surface area (Å²) in [5.74, 6) is -1.55. The van der Waals surface area contributed by atoms with E-state index in [4.69, 9.17) is 14.2 Å². The Morgan fingerprint density at radius 3 is 1.49 bits per heavy atom. The van der Waals surface area contributed by atoms with Crippen LogP contribution in [0.5, 0.6) is 0 Å². The Hall–Kier alpha value is -3.23. The monoisotopic (exact) mass is 771 g/mol. The summed E-state index contributed by atoms with van der Waals surface area (Å²) < 4.78 is 17.2. The Morgan fingerprint density at radius 2 is 1.02 bits per heavy atom. The number of hydrogen-bond donors (Lipinski definition) is 1. The van der Waals surface area contributed by atoms with Crippen LogP contribution in [0.15, 0.2) is 72.9 Å². The molecule has 0 saturated carbocycles. The summed E-state index contributed by atoms with van der Waals surface area (Å²) in [5.41, 5.74) is 0. The van der Waals surface area contributed by atoms with Crippen molar-refractivity contribution in [3.8, 4) is 0 Å². The van der Waals surface area contributed by atoms with Crippen LogP contribution < -0.4 is 0 Å². The second-order valence-electron chi connectivity index (χ2n) is 15.2. The van der Waals surface area contributed by atoms with E-state index in [9.17, 15) is 19.5 Å². The van der Waals surface area contributed by atoms with Gasteiger partial charge in [0.2, 0.25) is 0 Å². The summed E-state index contributed by atoms with van der Waals surface area (Å²) >= 11 is 0. The van der Waals surface area contributed by atoms with Gasteiger partial charge in [-0.25, -0.2) is 4.79 Å². The van der Waals surface area contributed by atoms with Crippen molar-refractivity contribution in [3.63, 3.8) is 0 Å². The molecule has 0 amide bonds. The van der Waals surface area contributed by atoms with Gasteiger partial charge in [0.1, 0.15) is 6.61 Å². The molecule has 0 aromatic rings. The van der Waals surface area contributed by atoms with Crippen LogP contribution in [0, 0.1) is 0 Å². The first-order chi connectivity index (χ1) is 26.6. The van der Waals surface area contributed by atoms with E-state index < -0.39 is 18.1 Å². The van der Waals surface area contributed by atoms with E-state index in [-0.39, 0.29) is 42.7 Å². The van der Waals surface area contributed by atoms with Crippen LogP contribution in [0.3, 0.4) is 0 Å². The molecule has 0 saturated heterocycles. The number of hydrogen-bond acceptors (Lipinski definition) is 6. The van der Waals surface area contributed by atoms with E-state index >= 15 is 0 Å². The number of likely N-dealkylation sites (N-methyl/N-ethyl adjacent to an activating group) is 1. The van der Waals surface area contributed by atoms with Crippen LogP contribution in [-0.2, 0) is 28.6 Å². The molecule has 0 rings (SSSR count). The number of unbranched alkanes of at least 4 members (excludes halogenated alkanes) is 11. The van der Waals surface area contributed by atoms with Gasteiger partial charge in [-0.2, -0.15) is 0 Å². The van der Waals surface area contributed by atoms with Gasteiger partial charge in [-0.3, -0.25) is 9.59 Å². The minimum atomic E-state index is -0.887. The zero-order valence-electron chi connectivity index (χ0n) is 35.6. The molecule has 0 spiro atoms. The highest BCUT2D eigenvalue weighted by molar-refractivity contribution is 5.72. The molecule has 0 aliphatic rings. The number of carboxylic acids is 1. The molecular formula is C47H80NO7+. The number of esters is 2. The number of quaternary nitrogens is 1. The lowest BCUT2D eigenvalue weighted by Gasteiger charge is -2.31. The molecule has 0 heterocycles. The molecule has 55 heavy (non-hydrogen) atoms. The molecule has 0 bridgehead atoms. The average Bonchev–Trinajstić information content (AvgIpc) is 3.14. The highest BCUT2D eigenvalue weighted by Crippen LogP contribution is 2.13. The third-order valence-corrected chi connectivity index (χ3v) is 9.12. The Bertz CT molecular complexity index is 1130. The zero-order chi connectivity index (χ0) is 40.7. The van der Waals surface area contributed by atoms with Crippen LogP contribution in [0.2, 0.25) is 0 Å². The van der Waals surface area contributed by atoms with E-state index in [2.05, 4.69) is 86.8 Å². The minimum absolute atomic E-state index is 0.0358. The molecule has 0 aliphatic heterocycles. The summed E-state index contributed by atoms with van der Waals surface area (Å²) in [6, 6.07) is -0.626. The van der Waals surface area contributed by atoms with Gasteiger partial charge >= 0.3 is 17.9 Å². The van der Waals surface area contributed by atoms with Crippen LogP contribution in [-0.4, -0.2) is 80.6 Å². The number of carboxylic acid groups (broad SMARTS) is 1. The predicted molar refractivity (Wildman–Crippen MR) is 229 cm³/mol. The molecule has 0 radical (unpaired) electrons. The van der Waals surface area contributed by atoms with Gasteiger partial charge in [-0.1, -0.05) is 151 Å². The maximum absolute atomic E-state index is 12.7. The summed E-state index contributed by atoms with van der Waals surface area (Å²) in [6.07, 6.45) is 46.7. The van der Waals surface area contributed by atoms with Gasteiger partial charge in [0.25, 0.3) is 0 Å². The lowest BCUT2D eigenvalue weighted by Crippen LogP contribution is -2.50. The molecule has 8 nitrogen and oxygen atoms in total. The smallest absolute Gasteiger partial charge is 0.362 e. The Labute approximate surface area is 336 Å². The number of carbonyl (C=O) groups excluding carboxylic acids is 2. The molecule has 314 valence electrons. The quantitative estimate of drug-likeness (QED) is 0.0291. The molecular weight excluding hydrogens is 691 g/mol. The Morgan fingerprint density at radius 1 is 0.564 bits per heavy atom. The number of nitrogens with zero attached hydrogens (tertiary/aromatic N) is 1. The third kappa shape index (κ3) is 36.2. The van der Waals surface area contributed by atoms with E-state index in [0.717, 1.165) is 64.2 Å². The minimum Gasteiger partial charge on any atom is -0.477 e. The first-order valence-electron chi connectivity index (χ1n) is 21.5. The normalized spacial score (nSPS) is 13.7. The van der Waals surface area contributed by atoms with E-state index in [0.29, 0.717) is 19.3 Å². The maximum atomic E-state index is 12.7. The van der Waals surface area contributed by atoms with Gasteiger partial charge in [0.15, 0.2) is 12.1 Å². The number of rotatable bonds is 37. The van der Waals surface area contributed by atoms with Gasteiger partial charge in [-0.05, 0) is 57.8 Å². The van der Waals surface area contributed by atoms with Crippen molar-refractivity contribution in [1.29, 1.82) is 0 Å². The molecule has 0 aromatic heterocycles. The SMILES string of the molecule is CC/C=C/C/C=C/C/C=C/C/C=C/C/C=C/C/C=C/CCCC(=O)OC(COCCC(C(=O)O)[N+](C)(C)C)COC(=O)CCCCCCCCCCCCC. The van der Waals surface area contributed by atoms with Crippen LogP contribution >= 0.6 is 0 Å². The largest absolute Gasteiger partial charge is 0.477 e. The lowest BCUT2D eigenvalue weighted by molar-refractivity contribution is -0.887. The summed E-state index contributed by atoms with van der Waals surface area (Å²) in [5, 5.41) is 9.60. The summed E-state index contributed by atoms with van der Waals surface area (Å²) in [7, 11) is 5.50. The second kappa shape index (κ2) is 37.7. The maximum Gasteiger partial charge on any atom is 0.362 e. The van der Waals surface area contributed by atoms with Crippen LogP contribution in [0.4, 0.5) is 0 Å². The molecule has 0 aliphatic carbocycles. The number of ether oxygens (including phenoxy) is 3. The van der Waals surface area contributed by atoms with E-state index in [1.54, 1.807) is 0 Å². The van der Waals surface area contributed by atoms with Crippen molar-refractivity contribution in [2.45, 2.75) is 167 Å². The predicted octanol–water partition coefficient (Wildman–Crippen LogP) is 11.6. The number of carbonyl (C=O) groups is 3. The van der Waals surface area contributed by atoms with Crippen molar-refractivity contribution >= 4 is 17.9 Å². The molecule has 2 unspecified atom stereocenters. The van der Waals surface area contributed by atoms with Crippen LogP contribution in [0.25, 0.3) is 0 Å². The zero-order valence-corrected chi connectivity index (χ0v) is 35.6. The number of aliphatic carboxylic acids is 1. The molecule has 1 N–H and O–H groups in total. The summed E-state index contributed by atoms with van der Waals surface area (Å²) in [4.78, 5) is 36.9. The fourth-order valence-corrected chi connectivity index (χ4v) is 5.81. The highest BCUT2D eigenvalue weighted by atomic mass is 16.6.